The normalized spacial score (nSPS) is 19.5. The van der Waals surface area contributed by atoms with Crippen LogP contribution in [-0.4, -0.2) is 67.4 Å². The van der Waals surface area contributed by atoms with E-state index < -0.39 is 18.1 Å². The summed E-state index contributed by atoms with van der Waals surface area (Å²) in [6.45, 7) is 1.13. The van der Waals surface area contributed by atoms with Crippen molar-refractivity contribution in [3.63, 3.8) is 0 Å². The predicted octanol–water partition coefficient (Wildman–Crippen LogP) is -0.0711. The van der Waals surface area contributed by atoms with Crippen LogP contribution in [0.25, 0.3) is 0 Å². The Balaban J connectivity index is 1.87. The minimum absolute atomic E-state index is 0.00526. The van der Waals surface area contributed by atoms with Gasteiger partial charge in [0.25, 0.3) is 0 Å². The van der Waals surface area contributed by atoms with Gasteiger partial charge in [-0.05, 0) is 24.3 Å². The third-order valence-electron chi connectivity index (χ3n) is 3.73. The van der Waals surface area contributed by atoms with E-state index in [0.29, 0.717) is 18.8 Å². The average molecular weight is 340 g/mol. The smallest absolute Gasteiger partial charge is 0.307 e. The molecule has 1 aliphatic heterocycles. The Bertz CT molecular complexity index is 566. The van der Waals surface area contributed by atoms with Crippen molar-refractivity contribution in [1.82, 2.24) is 10.2 Å². The molecular formula is C16H21FN2O5. The van der Waals surface area contributed by atoms with Crippen LogP contribution < -0.4 is 10.1 Å². The molecule has 1 amide bonds. The molecule has 24 heavy (non-hydrogen) atoms. The number of aliphatic hydroxyl groups excluding tert-OH is 1. The molecule has 2 N–H and O–H groups in total. The van der Waals surface area contributed by atoms with Crippen LogP contribution in [0.5, 0.6) is 5.75 Å². The van der Waals surface area contributed by atoms with Crippen LogP contribution in [0, 0.1) is 5.82 Å². The molecule has 1 heterocycles. The van der Waals surface area contributed by atoms with E-state index in [1.165, 1.54) is 31.4 Å². The fourth-order valence-electron chi connectivity index (χ4n) is 2.49. The van der Waals surface area contributed by atoms with Gasteiger partial charge < -0.3 is 19.9 Å². The number of nitrogens with zero attached hydrogens (tertiary/aromatic N) is 1. The van der Waals surface area contributed by atoms with E-state index in [9.17, 15) is 19.1 Å². The van der Waals surface area contributed by atoms with Gasteiger partial charge in [-0.1, -0.05) is 0 Å². The largest absolute Gasteiger partial charge is 0.491 e. The van der Waals surface area contributed by atoms with Crippen molar-refractivity contribution in [2.75, 3.05) is 33.4 Å². The molecule has 1 aliphatic rings. The van der Waals surface area contributed by atoms with E-state index in [1.54, 1.807) is 4.90 Å². The summed E-state index contributed by atoms with van der Waals surface area (Å²) >= 11 is 0. The van der Waals surface area contributed by atoms with Gasteiger partial charge in [-0.2, -0.15) is 0 Å². The summed E-state index contributed by atoms with van der Waals surface area (Å²) in [7, 11) is 1.26. The summed E-state index contributed by atoms with van der Waals surface area (Å²) in [6, 6.07) is 4.80. The van der Waals surface area contributed by atoms with Crippen molar-refractivity contribution >= 4 is 11.9 Å². The number of ether oxygens (including phenoxy) is 2. The lowest BCUT2D eigenvalue weighted by molar-refractivity contribution is -0.146. The molecule has 1 aromatic rings. The zero-order chi connectivity index (χ0) is 17.5. The van der Waals surface area contributed by atoms with Crippen LogP contribution in [0.3, 0.4) is 0 Å². The van der Waals surface area contributed by atoms with Crippen molar-refractivity contribution in [2.24, 2.45) is 0 Å². The first kappa shape index (κ1) is 18.2. The molecule has 7 nitrogen and oxygen atoms in total. The van der Waals surface area contributed by atoms with E-state index in [1.807, 2.05) is 0 Å². The number of hydrogen-bond acceptors (Lipinski definition) is 6. The molecule has 132 valence electrons. The Morgan fingerprint density at radius 1 is 1.46 bits per heavy atom. The highest BCUT2D eigenvalue weighted by atomic mass is 19.1. The Hall–Kier alpha value is -2.19. The summed E-state index contributed by atoms with van der Waals surface area (Å²) in [5.41, 5.74) is 0. The third kappa shape index (κ3) is 5.17. The van der Waals surface area contributed by atoms with Gasteiger partial charge in [0.2, 0.25) is 5.91 Å². The molecule has 0 aliphatic carbocycles. The van der Waals surface area contributed by atoms with Crippen molar-refractivity contribution in [3.05, 3.63) is 30.1 Å². The summed E-state index contributed by atoms with van der Waals surface area (Å²) in [4.78, 5) is 25.1. The molecule has 0 unspecified atom stereocenters. The monoisotopic (exact) mass is 340 g/mol. The highest BCUT2D eigenvalue weighted by molar-refractivity contribution is 5.87. The molecule has 2 atom stereocenters. The number of benzene rings is 1. The Labute approximate surface area is 139 Å². The molecule has 1 saturated heterocycles. The lowest BCUT2D eigenvalue weighted by Crippen LogP contribution is -2.57. The van der Waals surface area contributed by atoms with Crippen molar-refractivity contribution in [1.29, 1.82) is 0 Å². The Kier molecular flexibility index (Phi) is 6.51. The van der Waals surface area contributed by atoms with E-state index >= 15 is 0 Å². The van der Waals surface area contributed by atoms with Crippen molar-refractivity contribution in [2.45, 2.75) is 18.6 Å². The van der Waals surface area contributed by atoms with Gasteiger partial charge in [-0.3, -0.25) is 14.5 Å². The number of amides is 1. The molecule has 8 heteroatoms. The molecule has 0 aromatic heterocycles. The third-order valence-corrected chi connectivity index (χ3v) is 3.73. The number of halogens is 1. The fourth-order valence-corrected chi connectivity index (χ4v) is 2.49. The molecule has 0 radical (unpaired) electrons. The van der Waals surface area contributed by atoms with Gasteiger partial charge in [-0.25, -0.2) is 4.39 Å². The molecule has 0 saturated carbocycles. The maximum atomic E-state index is 12.8. The standard InChI is InChI=1S/C16H21FN2O5/c1-23-15(21)8-14-16(22)18-6-7-19(14)9-12(20)10-24-13-4-2-11(17)3-5-13/h2-5,12,14,20H,6-10H2,1H3,(H,18,22)/t12-,14+/m0/s1. The SMILES string of the molecule is COC(=O)C[C@@H]1C(=O)NCCN1C[C@H](O)COc1ccc(F)cc1. The van der Waals surface area contributed by atoms with Gasteiger partial charge in [0, 0.05) is 19.6 Å². The van der Waals surface area contributed by atoms with Crippen molar-refractivity contribution in [3.8, 4) is 5.75 Å². The summed E-state index contributed by atoms with van der Waals surface area (Å²) < 4.78 is 22.8. The number of aliphatic hydroxyl groups is 1. The van der Waals surface area contributed by atoms with Gasteiger partial charge in [0.05, 0.1) is 19.6 Å². The quantitative estimate of drug-likeness (QED) is 0.676. The summed E-state index contributed by atoms with van der Waals surface area (Å²) in [5.74, 6) is -0.678. The first-order chi connectivity index (χ1) is 11.5. The fraction of sp³-hybridized carbons (Fsp3) is 0.500. The lowest BCUT2D eigenvalue weighted by atomic mass is 10.1. The molecule has 2 rings (SSSR count). The van der Waals surface area contributed by atoms with E-state index in [0.717, 1.165) is 0 Å². The van der Waals surface area contributed by atoms with E-state index in [4.69, 9.17) is 4.74 Å². The van der Waals surface area contributed by atoms with Gasteiger partial charge >= 0.3 is 5.97 Å². The molecule has 0 bridgehead atoms. The zero-order valence-corrected chi connectivity index (χ0v) is 13.4. The number of esters is 1. The predicted molar refractivity (Wildman–Crippen MR) is 82.9 cm³/mol. The second kappa shape index (κ2) is 8.60. The number of piperazine rings is 1. The number of carbonyl (C=O) groups excluding carboxylic acids is 2. The Morgan fingerprint density at radius 3 is 2.83 bits per heavy atom. The van der Waals surface area contributed by atoms with E-state index in [-0.39, 0.29) is 31.3 Å². The van der Waals surface area contributed by atoms with Crippen LogP contribution >= 0.6 is 0 Å². The highest BCUT2D eigenvalue weighted by Crippen LogP contribution is 2.13. The van der Waals surface area contributed by atoms with Gasteiger partial charge in [-0.15, -0.1) is 0 Å². The highest BCUT2D eigenvalue weighted by Gasteiger charge is 2.33. The number of rotatable bonds is 7. The number of β-amino-alcohol motifs (C(OH)–C–C–N with tert-alkyl or cyclic N) is 1. The van der Waals surface area contributed by atoms with Gasteiger partial charge in [0.1, 0.15) is 24.3 Å². The van der Waals surface area contributed by atoms with Crippen LogP contribution in [0.1, 0.15) is 6.42 Å². The summed E-state index contributed by atoms with van der Waals surface area (Å²) in [5, 5.41) is 12.8. The lowest BCUT2D eigenvalue weighted by Gasteiger charge is -2.35. The molecule has 1 fully saturated rings. The average Bonchev–Trinajstić information content (AvgIpc) is 2.57. The zero-order valence-electron chi connectivity index (χ0n) is 13.4. The van der Waals surface area contributed by atoms with E-state index in [2.05, 4.69) is 10.1 Å². The minimum Gasteiger partial charge on any atom is -0.491 e. The maximum absolute atomic E-state index is 12.8. The van der Waals surface area contributed by atoms with Crippen LogP contribution in [0.4, 0.5) is 4.39 Å². The summed E-state index contributed by atoms with van der Waals surface area (Å²) in [6.07, 6.45) is -0.936. The number of hydrogen-bond donors (Lipinski definition) is 2. The first-order valence-corrected chi connectivity index (χ1v) is 7.64. The maximum Gasteiger partial charge on any atom is 0.307 e. The van der Waals surface area contributed by atoms with Crippen LogP contribution in [-0.2, 0) is 14.3 Å². The molecular weight excluding hydrogens is 319 g/mol. The number of carbonyl (C=O) groups is 2. The number of nitrogens with one attached hydrogen (secondary N) is 1. The molecule has 0 spiro atoms. The van der Waals surface area contributed by atoms with Crippen molar-refractivity contribution < 1.29 is 28.6 Å². The van der Waals surface area contributed by atoms with Crippen LogP contribution in [0.15, 0.2) is 24.3 Å². The molecule has 1 aromatic carbocycles. The van der Waals surface area contributed by atoms with Gasteiger partial charge in [0.15, 0.2) is 0 Å². The van der Waals surface area contributed by atoms with Crippen LogP contribution in [0.2, 0.25) is 0 Å². The first-order valence-electron chi connectivity index (χ1n) is 7.64. The topological polar surface area (TPSA) is 88.1 Å². The minimum atomic E-state index is -0.860. The second-order valence-electron chi connectivity index (χ2n) is 5.50. The number of methoxy groups -OCH3 is 1. The second-order valence-corrected chi connectivity index (χ2v) is 5.50. The Morgan fingerprint density at radius 2 is 2.17 bits per heavy atom.